The third-order valence-corrected chi connectivity index (χ3v) is 4.13. The van der Waals surface area contributed by atoms with Gasteiger partial charge in [0.05, 0.1) is 0 Å². The molecule has 5 heteroatoms. The van der Waals surface area contributed by atoms with Gasteiger partial charge in [0.1, 0.15) is 5.54 Å². The second kappa shape index (κ2) is 6.80. The highest BCUT2D eigenvalue weighted by Gasteiger charge is 2.43. The molecule has 1 fully saturated rings. The molecular weight excluding hydrogens is 284 g/mol. The van der Waals surface area contributed by atoms with Crippen LogP contribution in [0.4, 0.5) is 4.79 Å². The molecule has 1 aliphatic rings. The van der Waals surface area contributed by atoms with Crippen LogP contribution < -0.4 is 5.32 Å². The van der Waals surface area contributed by atoms with Gasteiger partial charge in [-0.05, 0) is 19.4 Å². The lowest BCUT2D eigenvalue weighted by atomic mass is 10.1. The third-order valence-electron chi connectivity index (χ3n) is 3.23. The lowest BCUT2D eigenvalue weighted by Crippen LogP contribution is -2.40. The smallest absolute Gasteiger partial charge is 0.324 e. The molecule has 0 aliphatic carbocycles. The number of nitrogens with one attached hydrogen (secondary N) is 1. The fourth-order valence-electron chi connectivity index (χ4n) is 2.08. The summed E-state index contributed by atoms with van der Waals surface area (Å²) >= 11 is 1.70. The Morgan fingerprint density at radius 1 is 1.24 bits per heavy atom. The van der Waals surface area contributed by atoms with Gasteiger partial charge in [0, 0.05) is 18.1 Å². The number of rotatable bonds is 6. The summed E-state index contributed by atoms with van der Waals surface area (Å²) in [6.07, 6.45) is 4.17. The first-order valence-corrected chi connectivity index (χ1v) is 8.09. The Morgan fingerprint density at radius 2 is 1.95 bits per heavy atom. The van der Waals surface area contributed by atoms with Gasteiger partial charge in [0.25, 0.3) is 5.91 Å². The van der Waals surface area contributed by atoms with E-state index in [9.17, 15) is 9.59 Å². The van der Waals surface area contributed by atoms with Crippen molar-refractivity contribution in [2.24, 2.45) is 0 Å². The molecule has 1 N–H and O–H groups in total. The minimum Gasteiger partial charge on any atom is -0.324 e. The summed E-state index contributed by atoms with van der Waals surface area (Å²) in [4.78, 5) is 24.9. The number of amides is 3. The first-order chi connectivity index (χ1) is 10.0. The van der Waals surface area contributed by atoms with Crippen LogP contribution in [-0.2, 0) is 4.79 Å². The normalized spacial score (nSPS) is 17.5. The second-order valence-corrected chi connectivity index (χ2v) is 6.55. The molecule has 0 aromatic heterocycles. The Labute approximate surface area is 129 Å². The van der Waals surface area contributed by atoms with Crippen LogP contribution >= 0.6 is 11.8 Å². The predicted octanol–water partition coefficient (Wildman–Crippen LogP) is 2.76. The molecule has 1 aromatic carbocycles. The molecule has 1 saturated heterocycles. The molecule has 4 nitrogen and oxygen atoms in total. The van der Waals surface area contributed by atoms with Crippen molar-refractivity contribution in [3.05, 3.63) is 42.0 Å². The molecule has 1 heterocycles. The summed E-state index contributed by atoms with van der Waals surface area (Å²) < 4.78 is 0. The van der Waals surface area contributed by atoms with Gasteiger partial charge in [-0.1, -0.05) is 42.5 Å². The molecule has 1 aliphatic heterocycles. The van der Waals surface area contributed by atoms with Gasteiger partial charge in [-0.3, -0.25) is 9.69 Å². The summed E-state index contributed by atoms with van der Waals surface area (Å²) in [7, 11) is 0. The fourth-order valence-corrected chi connectivity index (χ4v) is 2.79. The summed E-state index contributed by atoms with van der Waals surface area (Å²) in [6, 6.07) is 9.82. The molecule has 21 heavy (non-hydrogen) atoms. The highest BCUT2D eigenvalue weighted by molar-refractivity contribution is 7.99. The fraction of sp³-hybridized carbons (Fsp3) is 0.375. The van der Waals surface area contributed by atoms with Crippen molar-refractivity contribution in [1.29, 1.82) is 0 Å². The van der Waals surface area contributed by atoms with Crippen LogP contribution in [0.5, 0.6) is 0 Å². The van der Waals surface area contributed by atoms with Gasteiger partial charge in [0.15, 0.2) is 0 Å². The van der Waals surface area contributed by atoms with Gasteiger partial charge in [-0.15, -0.1) is 0 Å². The monoisotopic (exact) mass is 304 g/mol. The lowest BCUT2D eigenvalue weighted by molar-refractivity contribution is -0.130. The summed E-state index contributed by atoms with van der Waals surface area (Å²) in [5.41, 5.74) is 0.406. The van der Waals surface area contributed by atoms with Gasteiger partial charge < -0.3 is 5.32 Å². The zero-order valence-electron chi connectivity index (χ0n) is 12.3. The number of thioether (sulfide) groups is 1. The molecule has 0 spiro atoms. The lowest BCUT2D eigenvalue weighted by Gasteiger charge is -2.15. The Kier molecular flexibility index (Phi) is 5.07. The highest BCUT2D eigenvalue weighted by Crippen LogP contribution is 2.17. The van der Waals surface area contributed by atoms with Crippen LogP contribution in [0.3, 0.4) is 0 Å². The molecule has 0 saturated carbocycles. The van der Waals surface area contributed by atoms with Crippen LogP contribution in [0.1, 0.15) is 19.4 Å². The van der Waals surface area contributed by atoms with E-state index in [0.29, 0.717) is 6.54 Å². The predicted molar refractivity (Wildman–Crippen MR) is 87.1 cm³/mol. The summed E-state index contributed by atoms with van der Waals surface area (Å²) in [5.74, 6) is 1.46. The van der Waals surface area contributed by atoms with E-state index in [-0.39, 0.29) is 11.9 Å². The van der Waals surface area contributed by atoms with E-state index in [2.05, 4.69) is 29.6 Å². The van der Waals surface area contributed by atoms with Crippen LogP contribution in [0.15, 0.2) is 36.4 Å². The number of imide groups is 1. The first-order valence-electron chi connectivity index (χ1n) is 6.94. The van der Waals surface area contributed by atoms with Crippen LogP contribution in [-0.4, -0.2) is 40.4 Å². The maximum absolute atomic E-state index is 12.0. The topological polar surface area (TPSA) is 49.4 Å². The van der Waals surface area contributed by atoms with Crippen molar-refractivity contribution in [3.8, 4) is 0 Å². The molecule has 112 valence electrons. The quantitative estimate of drug-likeness (QED) is 0.649. The number of hydrogen-bond acceptors (Lipinski definition) is 3. The minimum absolute atomic E-state index is 0.145. The number of hydrogen-bond donors (Lipinski definition) is 1. The summed E-state index contributed by atoms with van der Waals surface area (Å²) in [5, 5.41) is 2.68. The minimum atomic E-state index is -0.769. The Morgan fingerprint density at radius 3 is 2.57 bits per heavy atom. The van der Waals surface area contributed by atoms with Crippen molar-refractivity contribution >= 4 is 29.8 Å². The Balaban J connectivity index is 1.70. The molecule has 0 radical (unpaired) electrons. The number of carbonyl (C=O) groups excluding carboxylic acids is 2. The van der Waals surface area contributed by atoms with Gasteiger partial charge in [-0.25, -0.2) is 4.79 Å². The van der Waals surface area contributed by atoms with Crippen LogP contribution in [0, 0.1) is 0 Å². The van der Waals surface area contributed by atoms with Crippen LogP contribution in [0.25, 0.3) is 6.08 Å². The van der Waals surface area contributed by atoms with E-state index in [0.717, 1.165) is 11.5 Å². The highest BCUT2D eigenvalue weighted by atomic mass is 32.2. The summed E-state index contributed by atoms with van der Waals surface area (Å²) in [6.45, 7) is 3.91. The van der Waals surface area contributed by atoms with E-state index in [1.165, 1.54) is 10.5 Å². The molecule has 0 unspecified atom stereocenters. The average molecular weight is 304 g/mol. The molecule has 2 rings (SSSR count). The molecule has 1 aromatic rings. The van der Waals surface area contributed by atoms with Crippen molar-refractivity contribution < 1.29 is 9.59 Å². The van der Waals surface area contributed by atoms with E-state index in [1.807, 2.05) is 18.2 Å². The van der Waals surface area contributed by atoms with E-state index < -0.39 is 5.54 Å². The zero-order valence-corrected chi connectivity index (χ0v) is 13.2. The van der Waals surface area contributed by atoms with Crippen molar-refractivity contribution in [1.82, 2.24) is 10.2 Å². The first kappa shape index (κ1) is 15.6. The average Bonchev–Trinajstić information content (AvgIpc) is 2.65. The third kappa shape index (κ3) is 4.11. The number of nitrogens with zero attached hydrogens (tertiary/aromatic N) is 1. The maximum atomic E-state index is 12.0. The molecular formula is C16H20N2O2S. The van der Waals surface area contributed by atoms with Gasteiger partial charge in [0.2, 0.25) is 0 Å². The van der Waals surface area contributed by atoms with Crippen molar-refractivity contribution in [2.45, 2.75) is 19.4 Å². The van der Waals surface area contributed by atoms with Gasteiger partial charge in [-0.2, -0.15) is 11.8 Å². The Bertz CT molecular complexity index is 540. The number of urea groups is 1. The largest absolute Gasteiger partial charge is 0.325 e. The molecule has 0 atom stereocenters. The van der Waals surface area contributed by atoms with Crippen LogP contribution in [0.2, 0.25) is 0 Å². The van der Waals surface area contributed by atoms with E-state index in [1.54, 1.807) is 25.6 Å². The van der Waals surface area contributed by atoms with E-state index in [4.69, 9.17) is 0 Å². The second-order valence-electron chi connectivity index (χ2n) is 5.40. The van der Waals surface area contributed by atoms with Gasteiger partial charge >= 0.3 is 6.03 Å². The number of carbonyl (C=O) groups is 2. The Hall–Kier alpha value is -1.75. The van der Waals surface area contributed by atoms with Crippen molar-refractivity contribution in [2.75, 3.05) is 18.1 Å². The molecule has 0 bridgehead atoms. The number of benzene rings is 1. The standard InChI is InChI=1S/C16H20N2O2S/c1-16(2)14(19)18(15(20)17-16)10-12-21-11-6-9-13-7-4-3-5-8-13/h3-9H,10-12H2,1-2H3,(H,17,20)/b9-6-. The van der Waals surface area contributed by atoms with Crippen molar-refractivity contribution in [3.63, 3.8) is 0 Å². The SMILES string of the molecule is CC1(C)NC(=O)N(CCSC/C=C\c2ccccc2)C1=O. The molecule has 3 amide bonds. The zero-order chi connectivity index (χ0) is 15.3. The van der Waals surface area contributed by atoms with E-state index >= 15 is 0 Å². The maximum Gasteiger partial charge on any atom is 0.325 e.